The SMILES string of the molecule is FC(F)C(F)(F)OCC(F)(F)C(F)(F)C(F)(F)C(F)(F)F. The van der Waals surface area contributed by atoms with E-state index in [0.717, 1.165) is 0 Å². The molecule has 0 aliphatic rings. The Morgan fingerprint density at radius 3 is 1.33 bits per heavy atom. The van der Waals surface area contributed by atoms with Gasteiger partial charge in [0.2, 0.25) is 0 Å². The van der Waals surface area contributed by atoms with Crippen LogP contribution in [0, 0.1) is 0 Å². The Labute approximate surface area is 106 Å². The standard InChI is InChI=1S/C7H3F13O/c8-2(9)4(12,13)21-1-3(10,11)5(14,15)6(16,17)7(18,19)20/h2H,1H2. The van der Waals surface area contributed by atoms with Gasteiger partial charge in [0.05, 0.1) is 0 Å². The lowest BCUT2D eigenvalue weighted by Crippen LogP contribution is -2.62. The molecular formula is C7H3F13O. The molecule has 0 spiro atoms. The highest BCUT2D eigenvalue weighted by Crippen LogP contribution is 2.53. The molecule has 128 valence electrons. The summed E-state index contributed by atoms with van der Waals surface area (Å²) in [5.74, 6) is -21.0. The quantitative estimate of drug-likeness (QED) is 0.648. The number of hydrogen-bond acceptors (Lipinski definition) is 1. The fourth-order valence-electron chi connectivity index (χ4n) is 0.748. The summed E-state index contributed by atoms with van der Waals surface area (Å²) in [6.45, 7) is -3.50. The second kappa shape index (κ2) is 5.35. The monoisotopic (exact) mass is 350 g/mol. The van der Waals surface area contributed by atoms with Crippen molar-refractivity contribution < 1.29 is 61.8 Å². The van der Waals surface area contributed by atoms with Crippen molar-refractivity contribution >= 4 is 0 Å². The van der Waals surface area contributed by atoms with Crippen LogP contribution in [-0.2, 0) is 4.74 Å². The van der Waals surface area contributed by atoms with Crippen molar-refractivity contribution in [1.29, 1.82) is 0 Å². The fourth-order valence-corrected chi connectivity index (χ4v) is 0.748. The molecule has 0 N–H and O–H groups in total. The van der Waals surface area contributed by atoms with Crippen LogP contribution in [0.5, 0.6) is 0 Å². The summed E-state index contributed by atoms with van der Waals surface area (Å²) in [6, 6.07) is 0. The number of rotatable bonds is 6. The van der Waals surface area contributed by atoms with E-state index < -0.39 is 43.1 Å². The second-order valence-corrected chi connectivity index (χ2v) is 3.50. The molecule has 0 fully saturated rings. The van der Waals surface area contributed by atoms with Gasteiger partial charge in [-0.05, 0) is 0 Å². The van der Waals surface area contributed by atoms with E-state index in [4.69, 9.17) is 0 Å². The summed E-state index contributed by atoms with van der Waals surface area (Å²) in [5.41, 5.74) is 0. The van der Waals surface area contributed by atoms with E-state index in [2.05, 4.69) is 4.74 Å². The number of ether oxygens (including phenoxy) is 1. The molecule has 0 atom stereocenters. The van der Waals surface area contributed by atoms with Crippen molar-refractivity contribution in [1.82, 2.24) is 0 Å². The normalized spacial score (nSPS) is 15.7. The lowest BCUT2D eigenvalue weighted by molar-refractivity contribution is -0.410. The zero-order chi connectivity index (χ0) is 17.5. The van der Waals surface area contributed by atoms with Crippen LogP contribution >= 0.6 is 0 Å². The average molecular weight is 350 g/mol. The Bertz CT molecular complexity index is 356. The van der Waals surface area contributed by atoms with Gasteiger partial charge in [-0.1, -0.05) is 0 Å². The van der Waals surface area contributed by atoms with Crippen molar-refractivity contribution in [2.45, 2.75) is 36.5 Å². The van der Waals surface area contributed by atoms with Gasteiger partial charge in [0.1, 0.15) is 6.61 Å². The van der Waals surface area contributed by atoms with Gasteiger partial charge in [0.25, 0.3) is 0 Å². The molecule has 0 aromatic carbocycles. The van der Waals surface area contributed by atoms with Crippen LogP contribution in [-0.4, -0.2) is 43.1 Å². The first-order valence-electron chi connectivity index (χ1n) is 4.40. The predicted octanol–water partition coefficient (Wildman–Crippen LogP) is 4.33. The summed E-state index contributed by atoms with van der Waals surface area (Å²) in [4.78, 5) is 0. The van der Waals surface area contributed by atoms with Crippen LogP contribution in [0.4, 0.5) is 57.1 Å². The van der Waals surface area contributed by atoms with E-state index >= 15 is 0 Å². The smallest absolute Gasteiger partial charge is 0.309 e. The number of halogens is 13. The summed E-state index contributed by atoms with van der Waals surface area (Å²) in [6.07, 6.45) is -17.7. The summed E-state index contributed by atoms with van der Waals surface area (Å²) in [7, 11) is 0. The van der Waals surface area contributed by atoms with Crippen LogP contribution in [0.15, 0.2) is 0 Å². The highest BCUT2D eigenvalue weighted by molar-refractivity contribution is 5.00. The van der Waals surface area contributed by atoms with Gasteiger partial charge in [-0.2, -0.15) is 48.3 Å². The van der Waals surface area contributed by atoms with E-state index in [1.165, 1.54) is 0 Å². The van der Waals surface area contributed by atoms with Crippen molar-refractivity contribution in [2.75, 3.05) is 6.61 Å². The molecule has 21 heavy (non-hydrogen) atoms. The van der Waals surface area contributed by atoms with E-state index in [9.17, 15) is 57.1 Å². The third-order valence-electron chi connectivity index (χ3n) is 1.91. The van der Waals surface area contributed by atoms with Gasteiger partial charge in [0.15, 0.2) is 0 Å². The highest BCUT2D eigenvalue weighted by Gasteiger charge is 2.81. The molecule has 0 radical (unpaired) electrons. The van der Waals surface area contributed by atoms with Crippen molar-refractivity contribution in [3.63, 3.8) is 0 Å². The summed E-state index contributed by atoms with van der Waals surface area (Å²) < 4.78 is 159. The van der Waals surface area contributed by atoms with Crippen molar-refractivity contribution in [2.24, 2.45) is 0 Å². The molecular weight excluding hydrogens is 347 g/mol. The second-order valence-electron chi connectivity index (χ2n) is 3.50. The number of alkyl halides is 13. The molecule has 0 rings (SSSR count). The molecule has 0 saturated heterocycles. The highest BCUT2D eigenvalue weighted by atomic mass is 19.4. The molecule has 0 amide bonds. The Balaban J connectivity index is 5.32. The maximum atomic E-state index is 12.6. The van der Waals surface area contributed by atoms with Crippen LogP contribution in [0.3, 0.4) is 0 Å². The molecule has 0 unspecified atom stereocenters. The molecule has 14 heteroatoms. The molecule has 0 bridgehead atoms. The molecule has 0 aliphatic heterocycles. The largest absolute Gasteiger partial charge is 0.460 e. The minimum absolute atomic E-state index is 2.34. The van der Waals surface area contributed by atoms with Crippen molar-refractivity contribution in [3.05, 3.63) is 0 Å². The molecule has 1 nitrogen and oxygen atoms in total. The van der Waals surface area contributed by atoms with E-state index in [0.29, 0.717) is 0 Å². The minimum atomic E-state index is -7.31. The van der Waals surface area contributed by atoms with E-state index in [1.807, 2.05) is 0 Å². The third-order valence-corrected chi connectivity index (χ3v) is 1.91. The maximum Gasteiger partial charge on any atom is 0.460 e. The molecule has 0 aliphatic carbocycles. The number of hydrogen-bond donors (Lipinski definition) is 0. The fraction of sp³-hybridized carbons (Fsp3) is 1.00. The van der Waals surface area contributed by atoms with E-state index in [1.54, 1.807) is 0 Å². The van der Waals surface area contributed by atoms with Crippen molar-refractivity contribution in [3.8, 4) is 0 Å². The average Bonchev–Trinajstić information content (AvgIpc) is 2.24. The molecule has 0 aromatic rings. The molecule has 0 aromatic heterocycles. The maximum absolute atomic E-state index is 12.6. The lowest BCUT2D eigenvalue weighted by Gasteiger charge is -2.33. The summed E-state index contributed by atoms with van der Waals surface area (Å²) >= 11 is 0. The minimum Gasteiger partial charge on any atom is -0.309 e. The van der Waals surface area contributed by atoms with Crippen LogP contribution < -0.4 is 0 Å². The van der Waals surface area contributed by atoms with Crippen LogP contribution in [0.2, 0.25) is 0 Å². The Morgan fingerprint density at radius 2 is 1.05 bits per heavy atom. The van der Waals surface area contributed by atoms with Crippen LogP contribution in [0.25, 0.3) is 0 Å². The Hall–Kier alpha value is -0.950. The zero-order valence-electron chi connectivity index (χ0n) is 9.11. The van der Waals surface area contributed by atoms with Gasteiger partial charge >= 0.3 is 36.5 Å². The van der Waals surface area contributed by atoms with Gasteiger partial charge < -0.3 is 4.74 Å². The lowest BCUT2D eigenvalue weighted by atomic mass is 10.0. The van der Waals surface area contributed by atoms with Crippen LogP contribution in [0.1, 0.15) is 0 Å². The molecule has 0 saturated carbocycles. The molecule has 0 heterocycles. The third kappa shape index (κ3) is 3.63. The van der Waals surface area contributed by atoms with Gasteiger partial charge in [-0.3, -0.25) is 0 Å². The first-order valence-corrected chi connectivity index (χ1v) is 4.40. The van der Waals surface area contributed by atoms with Gasteiger partial charge in [0, 0.05) is 0 Å². The first-order chi connectivity index (χ1) is 8.90. The summed E-state index contributed by atoms with van der Waals surface area (Å²) in [5, 5.41) is 0. The van der Waals surface area contributed by atoms with E-state index in [-0.39, 0.29) is 0 Å². The Kier molecular flexibility index (Phi) is 5.11. The zero-order valence-corrected chi connectivity index (χ0v) is 9.11. The topological polar surface area (TPSA) is 9.23 Å². The Morgan fingerprint density at radius 1 is 0.667 bits per heavy atom. The first kappa shape index (κ1) is 20.1. The predicted molar refractivity (Wildman–Crippen MR) is 37.8 cm³/mol. The van der Waals surface area contributed by atoms with Gasteiger partial charge in [-0.25, -0.2) is 8.78 Å². The van der Waals surface area contributed by atoms with Gasteiger partial charge in [-0.15, -0.1) is 0 Å².